The molecule has 0 atom stereocenters. The number of anilines is 1. The van der Waals surface area contributed by atoms with E-state index in [1.54, 1.807) is 0 Å². The molecule has 0 heterocycles. The van der Waals surface area contributed by atoms with Crippen LogP contribution in [0.5, 0.6) is 0 Å². The molecule has 0 aliphatic carbocycles. The van der Waals surface area contributed by atoms with Crippen LogP contribution in [0.1, 0.15) is 22.6 Å². The zero-order chi connectivity index (χ0) is 19.1. The van der Waals surface area contributed by atoms with E-state index >= 15 is 0 Å². The molecule has 138 valence electrons. The van der Waals surface area contributed by atoms with E-state index in [1.807, 2.05) is 74.8 Å². The summed E-state index contributed by atoms with van der Waals surface area (Å²) in [5, 5.41) is 3.12. The number of benzene rings is 3. The summed E-state index contributed by atoms with van der Waals surface area (Å²) in [6.45, 7) is 0.621. The molecule has 1 N–H and O–H groups in total. The van der Waals surface area contributed by atoms with Crippen LogP contribution in [0.2, 0.25) is 0 Å². The van der Waals surface area contributed by atoms with Gasteiger partial charge in [-0.1, -0.05) is 72.8 Å². The Morgan fingerprint density at radius 2 is 1.33 bits per heavy atom. The fourth-order valence-electron chi connectivity index (χ4n) is 3.18. The van der Waals surface area contributed by atoms with Gasteiger partial charge in [-0.25, -0.2) is 0 Å². The minimum atomic E-state index is -0.288. The van der Waals surface area contributed by atoms with Gasteiger partial charge < -0.3 is 10.2 Å². The van der Waals surface area contributed by atoms with Crippen molar-refractivity contribution in [1.29, 1.82) is 0 Å². The summed E-state index contributed by atoms with van der Waals surface area (Å²) < 4.78 is 0. The number of hydrogen-bond acceptors (Lipinski definition) is 2. The van der Waals surface area contributed by atoms with Crippen LogP contribution < -0.4 is 10.2 Å². The van der Waals surface area contributed by atoms with Crippen molar-refractivity contribution in [3.05, 3.63) is 102 Å². The number of amides is 1. The van der Waals surface area contributed by atoms with Gasteiger partial charge in [0.15, 0.2) is 0 Å². The first-order valence-corrected chi connectivity index (χ1v) is 9.29. The SMILES string of the molecule is CN(C)c1ccc(CCNC(=O)C(c2ccccc2)c2ccccc2)cc1. The molecule has 0 saturated heterocycles. The van der Waals surface area contributed by atoms with Crippen LogP contribution in [0.3, 0.4) is 0 Å². The lowest BCUT2D eigenvalue weighted by molar-refractivity contribution is -0.121. The third-order valence-corrected chi connectivity index (χ3v) is 4.69. The van der Waals surface area contributed by atoms with Crippen LogP contribution in [-0.4, -0.2) is 26.5 Å². The highest BCUT2D eigenvalue weighted by Gasteiger charge is 2.21. The van der Waals surface area contributed by atoms with Gasteiger partial charge in [-0.05, 0) is 35.2 Å². The highest BCUT2D eigenvalue weighted by Crippen LogP contribution is 2.24. The van der Waals surface area contributed by atoms with Gasteiger partial charge >= 0.3 is 0 Å². The number of nitrogens with one attached hydrogen (secondary N) is 1. The van der Waals surface area contributed by atoms with Gasteiger partial charge in [-0.3, -0.25) is 4.79 Å². The first kappa shape index (κ1) is 18.7. The summed E-state index contributed by atoms with van der Waals surface area (Å²) in [5.41, 5.74) is 4.42. The first-order valence-electron chi connectivity index (χ1n) is 9.29. The molecule has 3 nitrogen and oxygen atoms in total. The fraction of sp³-hybridized carbons (Fsp3) is 0.208. The Morgan fingerprint density at radius 3 is 1.81 bits per heavy atom. The molecular weight excluding hydrogens is 332 g/mol. The van der Waals surface area contributed by atoms with Crippen LogP contribution >= 0.6 is 0 Å². The second kappa shape index (κ2) is 9.04. The molecule has 3 heteroatoms. The lowest BCUT2D eigenvalue weighted by Crippen LogP contribution is -2.31. The van der Waals surface area contributed by atoms with Crippen LogP contribution in [0.4, 0.5) is 5.69 Å². The van der Waals surface area contributed by atoms with Gasteiger partial charge in [0.05, 0.1) is 5.92 Å². The number of nitrogens with zero attached hydrogens (tertiary/aromatic N) is 1. The minimum Gasteiger partial charge on any atom is -0.378 e. The molecule has 0 bridgehead atoms. The second-order valence-corrected chi connectivity index (χ2v) is 6.86. The molecule has 0 saturated carbocycles. The molecular formula is C24H26N2O. The number of rotatable bonds is 7. The fourth-order valence-corrected chi connectivity index (χ4v) is 3.18. The summed E-state index contributed by atoms with van der Waals surface area (Å²) in [4.78, 5) is 15.0. The van der Waals surface area contributed by atoms with Gasteiger partial charge in [0.25, 0.3) is 0 Å². The summed E-state index contributed by atoms with van der Waals surface area (Å²) in [5.74, 6) is -0.249. The predicted molar refractivity (Wildman–Crippen MR) is 112 cm³/mol. The van der Waals surface area contributed by atoms with Crippen LogP contribution in [0, 0.1) is 0 Å². The zero-order valence-corrected chi connectivity index (χ0v) is 15.9. The van der Waals surface area contributed by atoms with E-state index in [-0.39, 0.29) is 11.8 Å². The van der Waals surface area contributed by atoms with Crippen molar-refractivity contribution in [2.75, 3.05) is 25.5 Å². The van der Waals surface area contributed by atoms with E-state index in [4.69, 9.17) is 0 Å². The molecule has 3 aromatic carbocycles. The lowest BCUT2D eigenvalue weighted by atomic mass is 9.90. The van der Waals surface area contributed by atoms with Gasteiger partial charge in [-0.2, -0.15) is 0 Å². The molecule has 0 aliphatic heterocycles. The van der Waals surface area contributed by atoms with Crippen molar-refractivity contribution >= 4 is 11.6 Å². The molecule has 0 aliphatic rings. The molecule has 0 fully saturated rings. The smallest absolute Gasteiger partial charge is 0.232 e. The third kappa shape index (κ3) is 4.98. The molecule has 0 radical (unpaired) electrons. The molecule has 0 spiro atoms. The Hall–Kier alpha value is -3.07. The van der Waals surface area contributed by atoms with E-state index in [2.05, 4.69) is 34.5 Å². The minimum absolute atomic E-state index is 0.0392. The van der Waals surface area contributed by atoms with E-state index in [0.717, 1.165) is 17.5 Å². The van der Waals surface area contributed by atoms with Crippen molar-refractivity contribution in [3.63, 3.8) is 0 Å². The number of hydrogen-bond donors (Lipinski definition) is 1. The standard InChI is InChI=1S/C24H26N2O/c1-26(2)22-15-13-19(14-16-22)17-18-25-24(27)23(20-9-5-3-6-10-20)21-11-7-4-8-12-21/h3-16,23H,17-18H2,1-2H3,(H,25,27). The first-order chi connectivity index (χ1) is 13.1. The van der Waals surface area contributed by atoms with Crippen molar-refractivity contribution in [1.82, 2.24) is 5.32 Å². The van der Waals surface area contributed by atoms with Crippen LogP contribution in [-0.2, 0) is 11.2 Å². The molecule has 3 aromatic rings. The Kier molecular flexibility index (Phi) is 6.26. The van der Waals surface area contributed by atoms with E-state index in [0.29, 0.717) is 6.54 Å². The van der Waals surface area contributed by atoms with Gasteiger partial charge in [0, 0.05) is 26.3 Å². The topological polar surface area (TPSA) is 32.3 Å². The van der Waals surface area contributed by atoms with E-state index in [9.17, 15) is 4.79 Å². The summed E-state index contributed by atoms with van der Waals surface area (Å²) in [6, 6.07) is 28.3. The maximum Gasteiger partial charge on any atom is 0.232 e. The van der Waals surface area contributed by atoms with Crippen LogP contribution in [0.15, 0.2) is 84.9 Å². The van der Waals surface area contributed by atoms with E-state index < -0.39 is 0 Å². The number of carbonyl (C=O) groups is 1. The summed E-state index contributed by atoms with van der Waals surface area (Å²) in [7, 11) is 4.06. The van der Waals surface area contributed by atoms with Crippen molar-refractivity contribution in [3.8, 4) is 0 Å². The highest BCUT2D eigenvalue weighted by atomic mass is 16.1. The maximum absolute atomic E-state index is 13.0. The molecule has 1 amide bonds. The highest BCUT2D eigenvalue weighted by molar-refractivity contribution is 5.87. The molecule has 0 aromatic heterocycles. The maximum atomic E-state index is 13.0. The summed E-state index contributed by atoms with van der Waals surface area (Å²) >= 11 is 0. The Bertz CT molecular complexity index is 803. The molecule has 0 unspecified atom stereocenters. The molecule has 3 rings (SSSR count). The van der Waals surface area contributed by atoms with Crippen LogP contribution in [0.25, 0.3) is 0 Å². The summed E-state index contributed by atoms with van der Waals surface area (Å²) in [6.07, 6.45) is 0.815. The zero-order valence-electron chi connectivity index (χ0n) is 15.9. The Labute approximate surface area is 161 Å². The molecule has 27 heavy (non-hydrogen) atoms. The number of carbonyl (C=O) groups excluding carboxylic acids is 1. The van der Waals surface area contributed by atoms with Gasteiger partial charge in [-0.15, -0.1) is 0 Å². The predicted octanol–water partition coefficient (Wildman–Crippen LogP) is 4.24. The van der Waals surface area contributed by atoms with Gasteiger partial charge in [0.2, 0.25) is 5.91 Å². The average molecular weight is 358 g/mol. The second-order valence-electron chi connectivity index (χ2n) is 6.86. The van der Waals surface area contributed by atoms with Crippen molar-refractivity contribution in [2.45, 2.75) is 12.3 Å². The Balaban J connectivity index is 1.66. The van der Waals surface area contributed by atoms with Crippen molar-refractivity contribution in [2.24, 2.45) is 0 Å². The monoisotopic (exact) mass is 358 g/mol. The third-order valence-electron chi connectivity index (χ3n) is 4.69. The normalized spacial score (nSPS) is 10.6. The van der Waals surface area contributed by atoms with Gasteiger partial charge in [0.1, 0.15) is 0 Å². The Morgan fingerprint density at radius 1 is 0.815 bits per heavy atom. The largest absolute Gasteiger partial charge is 0.378 e. The van der Waals surface area contributed by atoms with Crippen molar-refractivity contribution < 1.29 is 4.79 Å². The quantitative estimate of drug-likeness (QED) is 0.685. The lowest BCUT2D eigenvalue weighted by Gasteiger charge is -2.18. The van der Waals surface area contributed by atoms with E-state index in [1.165, 1.54) is 11.3 Å². The average Bonchev–Trinajstić information content (AvgIpc) is 2.70.